The Hall–Kier alpha value is -1.68. The maximum atomic E-state index is 4.63. The van der Waals surface area contributed by atoms with Crippen LogP contribution in [0.1, 0.15) is 28.9 Å². The maximum absolute atomic E-state index is 4.63. The Balaban J connectivity index is 2.30. The van der Waals surface area contributed by atoms with Crippen LogP contribution in [0.4, 0.5) is 0 Å². The van der Waals surface area contributed by atoms with E-state index in [-0.39, 0.29) is 0 Å². The van der Waals surface area contributed by atoms with Gasteiger partial charge in [-0.05, 0) is 70.5 Å². The molecular weight excluding hydrogens is 236 g/mol. The van der Waals surface area contributed by atoms with Crippen molar-refractivity contribution in [1.29, 1.82) is 0 Å². The number of hydrogen-bond donors (Lipinski definition) is 1. The second kappa shape index (κ2) is 5.97. The zero-order valence-electron chi connectivity index (χ0n) is 12.2. The predicted octanol–water partition coefficient (Wildman–Crippen LogP) is 2.34. The largest absolute Gasteiger partial charge is 0.320 e. The molecule has 0 aliphatic rings. The zero-order chi connectivity index (χ0) is 13.8. The summed E-state index contributed by atoms with van der Waals surface area (Å²) >= 11 is 0. The molecule has 19 heavy (non-hydrogen) atoms. The molecule has 0 saturated carbocycles. The maximum Gasteiger partial charge on any atom is 0.153 e. The normalized spacial score (nSPS) is 10.9. The van der Waals surface area contributed by atoms with Gasteiger partial charge >= 0.3 is 0 Å². The Morgan fingerprint density at radius 2 is 2.05 bits per heavy atom. The highest BCUT2D eigenvalue weighted by molar-refractivity contribution is 5.34. The molecule has 2 heterocycles. The highest BCUT2D eigenvalue weighted by atomic mass is 15.3. The van der Waals surface area contributed by atoms with Crippen molar-refractivity contribution in [2.24, 2.45) is 0 Å². The highest BCUT2D eigenvalue weighted by Crippen LogP contribution is 2.18. The van der Waals surface area contributed by atoms with Gasteiger partial charge in [0.05, 0.1) is 5.69 Å². The van der Waals surface area contributed by atoms with Gasteiger partial charge in [0.25, 0.3) is 0 Å². The van der Waals surface area contributed by atoms with Crippen molar-refractivity contribution in [2.75, 3.05) is 13.6 Å². The first-order valence-corrected chi connectivity index (χ1v) is 6.76. The molecule has 2 aromatic rings. The molecule has 0 spiro atoms. The van der Waals surface area contributed by atoms with E-state index in [1.807, 2.05) is 24.0 Å². The summed E-state index contributed by atoms with van der Waals surface area (Å²) < 4.78 is 1.96. The molecule has 2 aromatic heterocycles. The van der Waals surface area contributed by atoms with E-state index < -0.39 is 0 Å². The van der Waals surface area contributed by atoms with Gasteiger partial charge in [-0.15, -0.1) is 0 Å². The van der Waals surface area contributed by atoms with Crippen LogP contribution in [0.15, 0.2) is 18.3 Å². The minimum Gasteiger partial charge on any atom is -0.320 e. The Labute approximate surface area is 114 Å². The van der Waals surface area contributed by atoms with Crippen LogP contribution < -0.4 is 5.32 Å². The third kappa shape index (κ3) is 3.01. The number of nitrogens with one attached hydrogen (secondary N) is 1. The number of rotatable bonds is 5. The quantitative estimate of drug-likeness (QED) is 0.837. The zero-order valence-corrected chi connectivity index (χ0v) is 12.2. The van der Waals surface area contributed by atoms with Gasteiger partial charge in [-0.25, -0.2) is 9.67 Å². The average Bonchev–Trinajstić information content (AvgIpc) is 2.67. The van der Waals surface area contributed by atoms with E-state index in [1.54, 1.807) is 0 Å². The van der Waals surface area contributed by atoms with Gasteiger partial charge in [-0.2, -0.15) is 5.10 Å². The van der Waals surface area contributed by atoms with Crippen molar-refractivity contribution < 1.29 is 0 Å². The summed E-state index contributed by atoms with van der Waals surface area (Å²) in [6.07, 6.45) is 4.03. The molecule has 0 bridgehead atoms. The first kappa shape index (κ1) is 13.7. The number of aromatic nitrogens is 3. The van der Waals surface area contributed by atoms with Gasteiger partial charge in [0.15, 0.2) is 5.82 Å². The van der Waals surface area contributed by atoms with Gasteiger partial charge in [-0.1, -0.05) is 0 Å². The van der Waals surface area contributed by atoms with Crippen molar-refractivity contribution >= 4 is 0 Å². The summed E-state index contributed by atoms with van der Waals surface area (Å²) in [6.45, 7) is 7.31. The first-order chi connectivity index (χ1) is 9.13. The summed E-state index contributed by atoms with van der Waals surface area (Å²) in [5.41, 5.74) is 4.86. The van der Waals surface area contributed by atoms with E-state index in [4.69, 9.17) is 0 Å². The van der Waals surface area contributed by atoms with Gasteiger partial charge in [0.2, 0.25) is 0 Å². The topological polar surface area (TPSA) is 42.7 Å². The lowest BCUT2D eigenvalue weighted by Crippen LogP contribution is -2.09. The second-order valence-electron chi connectivity index (χ2n) is 4.96. The van der Waals surface area contributed by atoms with Crippen LogP contribution in [0.5, 0.6) is 0 Å². The van der Waals surface area contributed by atoms with Crippen LogP contribution in [-0.4, -0.2) is 28.4 Å². The summed E-state index contributed by atoms with van der Waals surface area (Å²) in [5.74, 6) is 0.903. The molecule has 0 unspecified atom stereocenters. The van der Waals surface area contributed by atoms with Crippen LogP contribution in [0.3, 0.4) is 0 Å². The number of nitrogens with zero attached hydrogens (tertiary/aromatic N) is 3. The molecule has 4 heteroatoms. The SMILES string of the molecule is CNCCCc1c(C)nn(-c2cc(C)ccn2)c1C. The van der Waals surface area contributed by atoms with Crippen LogP contribution in [-0.2, 0) is 6.42 Å². The van der Waals surface area contributed by atoms with Crippen molar-refractivity contribution in [1.82, 2.24) is 20.1 Å². The molecule has 0 saturated heterocycles. The molecule has 0 amide bonds. The van der Waals surface area contributed by atoms with Crippen LogP contribution in [0.25, 0.3) is 5.82 Å². The highest BCUT2D eigenvalue weighted by Gasteiger charge is 2.12. The van der Waals surface area contributed by atoms with Crippen LogP contribution in [0.2, 0.25) is 0 Å². The third-order valence-corrected chi connectivity index (χ3v) is 3.41. The average molecular weight is 258 g/mol. The number of hydrogen-bond acceptors (Lipinski definition) is 3. The monoisotopic (exact) mass is 258 g/mol. The standard InChI is InChI=1S/C15H22N4/c1-11-7-9-17-15(10-11)19-13(3)14(12(2)18-19)6-5-8-16-4/h7,9-10,16H,5-6,8H2,1-4H3. The summed E-state index contributed by atoms with van der Waals surface area (Å²) in [7, 11) is 1.99. The Bertz CT molecular complexity index is 557. The summed E-state index contributed by atoms with van der Waals surface area (Å²) in [6, 6.07) is 4.07. The lowest BCUT2D eigenvalue weighted by molar-refractivity contribution is 0.720. The third-order valence-electron chi connectivity index (χ3n) is 3.41. The first-order valence-electron chi connectivity index (χ1n) is 6.76. The van der Waals surface area contributed by atoms with Crippen LogP contribution in [0, 0.1) is 20.8 Å². The fraction of sp³-hybridized carbons (Fsp3) is 0.467. The van der Waals surface area contributed by atoms with E-state index in [2.05, 4.69) is 42.2 Å². The van der Waals surface area contributed by atoms with Crippen molar-refractivity contribution in [3.05, 3.63) is 40.8 Å². The lowest BCUT2D eigenvalue weighted by atomic mass is 10.1. The molecule has 0 aliphatic heterocycles. The van der Waals surface area contributed by atoms with Gasteiger partial charge in [0.1, 0.15) is 0 Å². The van der Waals surface area contributed by atoms with Gasteiger partial charge < -0.3 is 5.32 Å². The van der Waals surface area contributed by atoms with Crippen molar-refractivity contribution in [3.8, 4) is 5.82 Å². The lowest BCUT2D eigenvalue weighted by Gasteiger charge is -2.05. The number of aryl methyl sites for hydroxylation is 2. The minimum atomic E-state index is 0.903. The predicted molar refractivity (Wildman–Crippen MR) is 77.8 cm³/mol. The Morgan fingerprint density at radius 3 is 2.74 bits per heavy atom. The van der Waals surface area contributed by atoms with E-state index in [9.17, 15) is 0 Å². The molecule has 4 nitrogen and oxygen atoms in total. The van der Waals surface area contributed by atoms with Crippen molar-refractivity contribution in [3.63, 3.8) is 0 Å². The summed E-state index contributed by atoms with van der Waals surface area (Å²) in [5, 5.41) is 7.82. The minimum absolute atomic E-state index is 0.903. The molecule has 0 atom stereocenters. The Kier molecular flexibility index (Phi) is 4.32. The molecule has 102 valence electrons. The van der Waals surface area contributed by atoms with Gasteiger partial charge in [0, 0.05) is 11.9 Å². The smallest absolute Gasteiger partial charge is 0.153 e. The molecule has 0 aliphatic carbocycles. The Morgan fingerprint density at radius 1 is 1.26 bits per heavy atom. The van der Waals surface area contributed by atoms with E-state index in [0.717, 1.165) is 30.9 Å². The van der Waals surface area contributed by atoms with E-state index >= 15 is 0 Å². The summed E-state index contributed by atoms with van der Waals surface area (Å²) in [4.78, 5) is 4.41. The fourth-order valence-electron chi connectivity index (χ4n) is 2.34. The second-order valence-corrected chi connectivity index (χ2v) is 4.96. The van der Waals surface area contributed by atoms with Crippen molar-refractivity contribution in [2.45, 2.75) is 33.6 Å². The molecule has 1 N–H and O–H groups in total. The fourth-order valence-corrected chi connectivity index (χ4v) is 2.34. The molecule has 2 rings (SSSR count). The molecule has 0 radical (unpaired) electrons. The molecule has 0 aromatic carbocycles. The van der Waals surface area contributed by atoms with Gasteiger partial charge in [-0.3, -0.25) is 0 Å². The van der Waals surface area contributed by atoms with E-state index in [1.165, 1.54) is 16.8 Å². The van der Waals surface area contributed by atoms with E-state index in [0.29, 0.717) is 0 Å². The number of pyridine rings is 1. The molecular formula is C15H22N4. The van der Waals surface area contributed by atoms with Crippen LogP contribution >= 0.6 is 0 Å². The molecule has 0 fully saturated rings.